The standard InChI is InChI=1S/C24H24F3N4O4/c1-14(32)8-20(31(15(2)33)29-12-17-4-3-5-21(26)23(17)27)13-35-24(34)30-22-10-18-9-19(25)7-6-16(18)11-28-22/h3-7,9-11,14,20,29,32H,1,8,12-13H2,2H3,(H,28,30,34)/t14-,20+/m1/s1. The van der Waals surface area contributed by atoms with Gasteiger partial charge < -0.3 is 9.84 Å². The van der Waals surface area contributed by atoms with Crippen LogP contribution in [0.2, 0.25) is 0 Å². The Morgan fingerprint density at radius 2 is 1.94 bits per heavy atom. The molecule has 0 unspecified atom stereocenters. The topological polar surface area (TPSA) is 104 Å². The lowest BCUT2D eigenvalue weighted by atomic mass is 10.1. The summed E-state index contributed by atoms with van der Waals surface area (Å²) in [4.78, 5) is 28.6. The summed E-state index contributed by atoms with van der Waals surface area (Å²) in [5.41, 5.74) is 2.66. The summed E-state index contributed by atoms with van der Waals surface area (Å²) in [5, 5.41) is 14.4. The first kappa shape index (κ1) is 25.9. The monoisotopic (exact) mass is 489 g/mol. The van der Waals surface area contributed by atoms with Crippen molar-refractivity contribution in [3.05, 3.63) is 78.6 Å². The quantitative estimate of drug-likeness (QED) is 0.396. The lowest BCUT2D eigenvalue weighted by Gasteiger charge is -2.31. The predicted octanol–water partition coefficient (Wildman–Crippen LogP) is 3.71. The van der Waals surface area contributed by atoms with Crippen LogP contribution in [-0.2, 0) is 16.1 Å². The van der Waals surface area contributed by atoms with E-state index >= 15 is 0 Å². The highest BCUT2D eigenvalue weighted by Gasteiger charge is 2.25. The molecule has 1 aromatic heterocycles. The minimum Gasteiger partial charge on any atom is -0.447 e. The Labute approximate surface area is 199 Å². The van der Waals surface area contributed by atoms with Gasteiger partial charge in [-0.3, -0.25) is 15.1 Å². The number of amides is 2. The van der Waals surface area contributed by atoms with Gasteiger partial charge in [0.1, 0.15) is 18.2 Å². The number of fused-ring (bicyclic) bond motifs is 1. The summed E-state index contributed by atoms with van der Waals surface area (Å²) in [6, 6.07) is 8.35. The lowest BCUT2D eigenvalue weighted by Crippen LogP contribution is -2.51. The average molecular weight is 489 g/mol. The van der Waals surface area contributed by atoms with E-state index in [1.165, 1.54) is 43.5 Å². The van der Waals surface area contributed by atoms with Crippen LogP contribution in [-0.4, -0.2) is 45.9 Å². The average Bonchev–Trinajstić information content (AvgIpc) is 2.79. The molecule has 2 amide bonds. The fraction of sp³-hybridized carbons (Fsp3) is 0.250. The maximum absolute atomic E-state index is 14.0. The van der Waals surface area contributed by atoms with Gasteiger partial charge >= 0.3 is 6.09 Å². The van der Waals surface area contributed by atoms with Gasteiger partial charge in [0.15, 0.2) is 11.6 Å². The first-order valence-electron chi connectivity index (χ1n) is 10.6. The van der Waals surface area contributed by atoms with Crippen LogP contribution in [0, 0.1) is 24.4 Å². The van der Waals surface area contributed by atoms with E-state index in [1.54, 1.807) is 6.07 Å². The molecule has 2 aromatic carbocycles. The van der Waals surface area contributed by atoms with Crippen LogP contribution in [0.15, 0.2) is 48.7 Å². The lowest BCUT2D eigenvalue weighted by molar-refractivity contribution is -0.137. The van der Waals surface area contributed by atoms with Gasteiger partial charge in [0, 0.05) is 30.6 Å². The van der Waals surface area contributed by atoms with Crippen molar-refractivity contribution in [2.75, 3.05) is 11.9 Å². The molecule has 185 valence electrons. The molecule has 0 aliphatic carbocycles. The number of carbonyl (C=O) groups excluding carboxylic acids is 2. The van der Waals surface area contributed by atoms with E-state index in [2.05, 4.69) is 22.7 Å². The molecule has 0 bridgehead atoms. The minimum absolute atomic E-state index is 0.0253. The van der Waals surface area contributed by atoms with E-state index in [0.29, 0.717) is 10.8 Å². The van der Waals surface area contributed by atoms with Crippen molar-refractivity contribution in [3.8, 4) is 0 Å². The summed E-state index contributed by atoms with van der Waals surface area (Å²) in [5.74, 6) is -2.94. The number of aromatic nitrogens is 1. The van der Waals surface area contributed by atoms with Gasteiger partial charge in [0.25, 0.3) is 0 Å². The van der Waals surface area contributed by atoms with Crippen LogP contribution in [0.4, 0.5) is 23.8 Å². The van der Waals surface area contributed by atoms with Gasteiger partial charge in [0.05, 0.1) is 12.1 Å². The smallest absolute Gasteiger partial charge is 0.412 e. The third-order valence-electron chi connectivity index (χ3n) is 5.04. The number of aliphatic hydroxyl groups excluding tert-OH is 1. The Balaban J connectivity index is 1.66. The fourth-order valence-electron chi connectivity index (χ4n) is 3.41. The van der Waals surface area contributed by atoms with Crippen LogP contribution in [0.25, 0.3) is 10.8 Å². The van der Waals surface area contributed by atoms with Crippen molar-refractivity contribution >= 4 is 28.6 Å². The van der Waals surface area contributed by atoms with Gasteiger partial charge in [-0.25, -0.2) is 28.4 Å². The van der Waals surface area contributed by atoms with Crippen molar-refractivity contribution in [1.82, 2.24) is 15.4 Å². The zero-order chi connectivity index (χ0) is 25.5. The van der Waals surface area contributed by atoms with Gasteiger partial charge in [0.2, 0.25) is 5.91 Å². The Hall–Kier alpha value is -3.70. The number of nitrogens with zero attached hydrogens (tertiary/aromatic N) is 2. The van der Waals surface area contributed by atoms with Crippen LogP contribution < -0.4 is 10.7 Å². The molecule has 8 nitrogen and oxygen atoms in total. The molecule has 0 saturated heterocycles. The normalized spacial score (nSPS) is 12.7. The second-order valence-corrected chi connectivity index (χ2v) is 7.76. The highest BCUT2D eigenvalue weighted by Crippen LogP contribution is 2.18. The van der Waals surface area contributed by atoms with Crippen molar-refractivity contribution < 1.29 is 32.6 Å². The Morgan fingerprint density at radius 1 is 1.17 bits per heavy atom. The number of rotatable bonds is 9. The number of nitrogens with one attached hydrogen (secondary N) is 2. The molecule has 0 aliphatic rings. The summed E-state index contributed by atoms with van der Waals surface area (Å²) in [7, 11) is 0. The summed E-state index contributed by atoms with van der Waals surface area (Å²) in [6.45, 7) is 4.09. The van der Waals surface area contributed by atoms with Crippen LogP contribution in [0.3, 0.4) is 0 Å². The van der Waals surface area contributed by atoms with Crippen LogP contribution in [0.1, 0.15) is 18.9 Å². The number of hydrazine groups is 1. The van der Waals surface area contributed by atoms with Crippen LogP contribution in [0.5, 0.6) is 0 Å². The number of pyridine rings is 1. The molecule has 3 aromatic rings. The second-order valence-electron chi connectivity index (χ2n) is 7.76. The number of ether oxygens (including phenoxy) is 1. The molecule has 0 saturated carbocycles. The van der Waals surface area contributed by atoms with E-state index in [-0.39, 0.29) is 31.0 Å². The van der Waals surface area contributed by atoms with E-state index in [0.717, 1.165) is 11.1 Å². The number of hydrogen-bond donors (Lipinski definition) is 3. The number of hydrogen-bond acceptors (Lipinski definition) is 6. The summed E-state index contributed by atoms with van der Waals surface area (Å²) >= 11 is 0. The highest BCUT2D eigenvalue weighted by atomic mass is 19.2. The molecule has 35 heavy (non-hydrogen) atoms. The SMILES string of the molecule is [CH2][C@@H](O)C[C@@H](COC(=O)Nc1cc2cc(F)ccc2cn1)N(NCc1cccc(F)c1F)C(C)=O. The molecule has 0 aliphatic heterocycles. The zero-order valence-corrected chi connectivity index (χ0v) is 18.8. The molecule has 3 N–H and O–H groups in total. The highest BCUT2D eigenvalue weighted by molar-refractivity contribution is 5.89. The van der Waals surface area contributed by atoms with Crippen molar-refractivity contribution in [2.24, 2.45) is 0 Å². The first-order chi connectivity index (χ1) is 16.6. The number of halogens is 3. The Kier molecular flexibility index (Phi) is 8.61. The second kappa shape index (κ2) is 11.6. The van der Waals surface area contributed by atoms with Gasteiger partial charge in [-0.15, -0.1) is 0 Å². The molecule has 3 rings (SSSR count). The Bertz CT molecular complexity index is 1210. The Morgan fingerprint density at radius 3 is 2.66 bits per heavy atom. The molecular formula is C24H24F3N4O4. The van der Waals surface area contributed by atoms with Crippen LogP contribution >= 0.6 is 0 Å². The largest absolute Gasteiger partial charge is 0.447 e. The third kappa shape index (κ3) is 7.14. The molecule has 0 fully saturated rings. The maximum Gasteiger partial charge on any atom is 0.412 e. The number of benzene rings is 2. The molecular weight excluding hydrogens is 465 g/mol. The molecule has 0 spiro atoms. The number of carbonyl (C=O) groups is 2. The predicted molar refractivity (Wildman–Crippen MR) is 122 cm³/mol. The van der Waals surface area contributed by atoms with E-state index < -0.39 is 41.6 Å². The molecule has 11 heteroatoms. The maximum atomic E-state index is 14.0. The van der Waals surface area contributed by atoms with E-state index in [9.17, 15) is 27.9 Å². The van der Waals surface area contributed by atoms with Crippen molar-refractivity contribution in [1.29, 1.82) is 0 Å². The van der Waals surface area contributed by atoms with Crippen molar-refractivity contribution in [2.45, 2.75) is 32.0 Å². The third-order valence-corrected chi connectivity index (χ3v) is 5.04. The summed E-state index contributed by atoms with van der Waals surface area (Å²) < 4.78 is 46.1. The van der Waals surface area contributed by atoms with E-state index in [1.807, 2.05) is 0 Å². The van der Waals surface area contributed by atoms with E-state index in [4.69, 9.17) is 4.74 Å². The minimum atomic E-state index is -1.11. The molecule has 2 atom stereocenters. The summed E-state index contributed by atoms with van der Waals surface area (Å²) in [6.07, 6.45) is -0.645. The zero-order valence-electron chi connectivity index (χ0n) is 18.8. The van der Waals surface area contributed by atoms with Gasteiger partial charge in [-0.05, 0) is 49.1 Å². The van der Waals surface area contributed by atoms with Crippen molar-refractivity contribution in [3.63, 3.8) is 0 Å². The fourth-order valence-corrected chi connectivity index (χ4v) is 3.41. The first-order valence-corrected chi connectivity index (χ1v) is 10.6. The molecule has 1 radical (unpaired) electrons. The van der Waals surface area contributed by atoms with Gasteiger partial charge in [-0.1, -0.05) is 12.1 Å². The van der Waals surface area contributed by atoms with Gasteiger partial charge in [-0.2, -0.15) is 0 Å². The number of aliphatic hydroxyl groups is 1. The molecule has 1 heterocycles. The number of anilines is 1.